The number of benzene rings is 1. The van der Waals surface area contributed by atoms with Gasteiger partial charge in [0.15, 0.2) is 6.29 Å². The molecule has 2 atom stereocenters. The maximum atomic E-state index is 5.77. The zero-order chi connectivity index (χ0) is 11.9. The SMILES string of the molecule is COC(OC[C@@H]1CCCCO1)c1ccccc1. The van der Waals surface area contributed by atoms with Gasteiger partial charge in [-0.05, 0) is 19.3 Å². The highest BCUT2D eigenvalue weighted by atomic mass is 16.7. The average Bonchev–Trinajstić information content (AvgIpc) is 2.42. The second kappa shape index (κ2) is 6.74. The first-order valence-electron chi connectivity index (χ1n) is 6.21. The average molecular weight is 236 g/mol. The molecule has 0 N–H and O–H groups in total. The van der Waals surface area contributed by atoms with Gasteiger partial charge in [-0.25, -0.2) is 0 Å². The summed E-state index contributed by atoms with van der Waals surface area (Å²) in [7, 11) is 1.67. The molecule has 1 aromatic rings. The van der Waals surface area contributed by atoms with Crippen molar-refractivity contribution in [2.24, 2.45) is 0 Å². The molecule has 0 aromatic heterocycles. The van der Waals surface area contributed by atoms with Crippen molar-refractivity contribution in [1.82, 2.24) is 0 Å². The van der Waals surface area contributed by atoms with Crippen LogP contribution in [0.15, 0.2) is 30.3 Å². The molecule has 1 saturated heterocycles. The van der Waals surface area contributed by atoms with Crippen molar-refractivity contribution < 1.29 is 14.2 Å². The molecule has 0 radical (unpaired) electrons. The Balaban J connectivity index is 1.83. The molecule has 0 aliphatic carbocycles. The van der Waals surface area contributed by atoms with Crippen molar-refractivity contribution in [3.05, 3.63) is 35.9 Å². The van der Waals surface area contributed by atoms with E-state index in [-0.39, 0.29) is 12.4 Å². The van der Waals surface area contributed by atoms with E-state index < -0.39 is 0 Å². The summed E-state index contributed by atoms with van der Waals surface area (Å²) in [6, 6.07) is 9.98. The van der Waals surface area contributed by atoms with Gasteiger partial charge >= 0.3 is 0 Å². The van der Waals surface area contributed by atoms with Gasteiger partial charge in [-0.3, -0.25) is 0 Å². The summed E-state index contributed by atoms with van der Waals surface area (Å²) >= 11 is 0. The quantitative estimate of drug-likeness (QED) is 0.736. The molecule has 94 valence electrons. The summed E-state index contributed by atoms with van der Waals surface area (Å²) in [4.78, 5) is 0. The minimum absolute atomic E-state index is 0.227. The first kappa shape index (κ1) is 12.6. The third-order valence-corrected chi connectivity index (χ3v) is 2.99. The number of rotatable bonds is 5. The molecule has 0 amide bonds. The zero-order valence-corrected chi connectivity index (χ0v) is 10.3. The van der Waals surface area contributed by atoms with Crippen LogP contribution < -0.4 is 0 Å². The van der Waals surface area contributed by atoms with Gasteiger partial charge in [0.2, 0.25) is 0 Å². The highest BCUT2D eigenvalue weighted by Gasteiger charge is 2.17. The van der Waals surface area contributed by atoms with Crippen LogP contribution in [-0.4, -0.2) is 26.4 Å². The number of ether oxygens (including phenoxy) is 3. The summed E-state index contributed by atoms with van der Waals surface area (Å²) in [5, 5.41) is 0. The number of hydrogen-bond acceptors (Lipinski definition) is 3. The fourth-order valence-electron chi connectivity index (χ4n) is 2.04. The first-order valence-corrected chi connectivity index (χ1v) is 6.21. The van der Waals surface area contributed by atoms with Crippen LogP contribution in [0, 0.1) is 0 Å². The lowest BCUT2D eigenvalue weighted by molar-refractivity contribution is -0.157. The predicted octanol–water partition coefficient (Wildman–Crippen LogP) is 2.92. The Morgan fingerprint density at radius 3 is 2.76 bits per heavy atom. The topological polar surface area (TPSA) is 27.7 Å². The van der Waals surface area contributed by atoms with Crippen molar-refractivity contribution in [3.8, 4) is 0 Å². The Kier molecular flexibility index (Phi) is 4.98. The Morgan fingerprint density at radius 1 is 1.29 bits per heavy atom. The zero-order valence-electron chi connectivity index (χ0n) is 10.3. The molecule has 17 heavy (non-hydrogen) atoms. The fourth-order valence-corrected chi connectivity index (χ4v) is 2.04. The van der Waals surface area contributed by atoms with Crippen LogP contribution in [0.3, 0.4) is 0 Å². The predicted molar refractivity (Wildman–Crippen MR) is 65.7 cm³/mol. The van der Waals surface area contributed by atoms with Gasteiger partial charge < -0.3 is 14.2 Å². The second-order valence-corrected chi connectivity index (χ2v) is 4.30. The van der Waals surface area contributed by atoms with Crippen LogP contribution in [0.2, 0.25) is 0 Å². The summed E-state index contributed by atoms with van der Waals surface area (Å²) in [6.07, 6.45) is 3.43. The Morgan fingerprint density at radius 2 is 2.12 bits per heavy atom. The molecule has 1 aromatic carbocycles. The van der Waals surface area contributed by atoms with E-state index in [4.69, 9.17) is 14.2 Å². The van der Waals surface area contributed by atoms with E-state index >= 15 is 0 Å². The summed E-state index contributed by atoms with van der Waals surface area (Å²) in [5.74, 6) is 0. The fraction of sp³-hybridized carbons (Fsp3) is 0.571. The molecule has 0 bridgehead atoms. The van der Waals surface area contributed by atoms with Gasteiger partial charge in [0.1, 0.15) is 0 Å². The molecule has 1 aliphatic heterocycles. The van der Waals surface area contributed by atoms with E-state index in [2.05, 4.69) is 0 Å². The van der Waals surface area contributed by atoms with E-state index in [1.807, 2.05) is 30.3 Å². The van der Waals surface area contributed by atoms with Crippen LogP contribution in [-0.2, 0) is 14.2 Å². The highest BCUT2D eigenvalue weighted by Crippen LogP contribution is 2.20. The van der Waals surface area contributed by atoms with Crippen molar-refractivity contribution in [2.45, 2.75) is 31.7 Å². The molecule has 3 heteroatoms. The maximum absolute atomic E-state index is 5.77. The third-order valence-electron chi connectivity index (χ3n) is 2.99. The third kappa shape index (κ3) is 3.80. The van der Waals surface area contributed by atoms with E-state index in [0.717, 1.165) is 18.6 Å². The summed E-state index contributed by atoms with van der Waals surface area (Å²) < 4.78 is 16.7. The lowest BCUT2D eigenvalue weighted by Crippen LogP contribution is -2.25. The first-order chi connectivity index (χ1) is 8.40. The molecule has 0 spiro atoms. The van der Waals surface area contributed by atoms with Crippen molar-refractivity contribution >= 4 is 0 Å². The van der Waals surface area contributed by atoms with E-state index in [0.29, 0.717) is 6.61 Å². The highest BCUT2D eigenvalue weighted by molar-refractivity contribution is 5.15. The number of hydrogen-bond donors (Lipinski definition) is 0. The smallest absolute Gasteiger partial charge is 0.183 e. The lowest BCUT2D eigenvalue weighted by Gasteiger charge is -2.25. The van der Waals surface area contributed by atoms with Gasteiger partial charge in [0.25, 0.3) is 0 Å². The van der Waals surface area contributed by atoms with Gasteiger partial charge in [0, 0.05) is 19.3 Å². The number of methoxy groups -OCH3 is 1. The van der Waals surface area contributed by atoms with Crippen LogP contribution in [0.4, 0.5) is 0 Å². The normalized spacial score (nSPS) is 22.3. The standard InChI is InChI=1S/C14H20O3/c1-15-14(12-7-3-2-4-8-12)17-11-13-9-5-6-10-16-13/h2-4,7-8,13-14H,5-6,9-11H2,1H3/t13-,14?/m0/s1. The van der Waals surface area contributed by atoms with Crippen LogP contribution in [0.25, 0.3) is 0 Å². The molecular formula is C14H20O3. The second-order valence-electron chi connectivity index (χ2n) is 4.30. The van der Waals surface area contributed by atoms with E-state index in [9.17, 15) is 0 Å². The molecule has 2 rings (SSSR count). The Bertz CT molecular complexity index is 307. The summed E-state index contributed by atoms with van der Waals surface area (Å²) in [5.41, 5.74) is 1.05. The van der Waals surface area contributed by atoms with E-state index in [1.54, 1.807) is 7.11 Å². The Hall–Kier alpha value is -0.900. The molecule has 1 aliphatic rings. The monoisotopic (exact) mass is 236 g/mol. The van der Waals surface area contributed by atoms with Crippen molar-refractivity contribution in [2.75, 3.05) is 20.3 Å². The van der Waals surface area contributed by atoms with Gasteiger partial charge in [-0.1, -0.05) is 30.3 Å². The molecule has 0 saturated carbocycles. The van der Waals surface area contributed by atoms with Crippen molar-refractivity contribution in [1.29, 1.82) is 0 Å². The van der Waals surface area contributed by atoms with Gasteiger partial charge in [0.05, 0.1) is 12.7 Å². The van der Waals surface area contributed by atoms with Crippen LogP contribution in [0.1, 0.15) is 31.1 Å². The van der Waals surface area contributed by atoms with Crippen LogP contribution in [0.5, 0.6) is 0 Å². The molecule has 1 heterocycles. The Labute approximate surface area is 103 Å². The maximum Gasteiger partial charge on any atom is 0.183 e. The lowest BCUT2D eigenvalue weighted by atomic mass is 10.1. The van der Waals surface area contributed by atoms with E-state index in [1.165, 1.54) is 12.8 Å². The van der Waals surface area contributed by atoms with Gasteiger partial charge in [-0.2, -0.15) is 0 Å². The van der Waals surface area contributed by atoms with Crippen molar-refractivity contribution in [3.63, 3.8) is 0 Å². The minimum Gasteiger partial charge on any atom is -0.376 e. The summed E-state index contributed by atoms with van der Waals surface area (Å²) in [6.45, 7) is 1.46. The largest absolute Gasteiger partial charge is 0.376 e. The molecular weight excluding hydrogens is 216 g/mol. The van der Waals surface area contributed by atoms with Crippen LogP contribution >= 0.6 is 0 Å². The molecule has 3 nitrogen and oxygen atoms in total. The minimum atomic E-state index is -0.290. The molecule has 1 unspecified atom stereocenters. The molecule has 1 fully saturated rings. The van der Waals surface area contributed by atoms with Gasteiger partial charge in [-0.15, -0.1) is 0 Å².